The Morgan fingerprint density at radius 1 is 1.11 bits per heavy atom. The zero-order chi connectivity index (χ0) is 19.6. The van der Waals surface area contributed by atoms with Crippen molar-refractivity contribution < 1.29 is 28.7 Å². The molecule has 2 aromatic carbocycles. The predicted octanol–water partition coefficient (Wildman–Crippen LogP) is 2.80. The summed E-state index contributed by atoms with van der Waals surface area (Å²) in [4.78, 5) is 42.2. The minimum Gasteiger partial charge on any atom is -0.476 e. The fourth-order valence-electron chi connectivity index (χ4n) is 2.60. The van der Waals surface area contributed by atoms with E-state index in [2.05, 4.69) is 0 Å². The molecule has 0 saturated carbocycles. The van der Waals surface area contributed by atoms with Gasteiger partial charge in [-0.25, -0.2) is 4.79 Å². The highest BCUT2D eigenvalue weighted by Crippen LogP contribution is 2.25. The molecule has 0 bridgehead atoms. The summed E-state index contributed by atoms with van der Waals surface area (Å²) in [5.41, 5.74) is 1.05. The Morgan fingerprint density at radius 3 is 2.30 bits per heavy atom. The standard InChI is InChI=1S/C19H16ClNO6/c1-11-9-12(20)7-8-15(11)26-16(10-25-2)19(24)27-21-17(22)13-5-3-4-6-14(13)18(21)23/h3-9,16H,10H2,1-2H3. The normalized spacial score (nSPS) is 14.1. The van der Waals surface area contributed by atoms with Crippen molar-refractivity contribution in [1.29, 1.82) is 0 Å². The van der Waals surface area contributed by atoms with Gasteiger partial charge < -0.3 is 14.3 Å². The van der Waals surface area contributed by atoms with E-state index in [0.717, 1.165) is 0 Å². The molecule has 1 atom stereocenters. The first-order valence-corrected chi connectivity index (χ1v) is 8.41. The highest BCUT2D eigenvalue weighted by molar-refractivity contribution is 6.30. The quantitative estimate of drug-likeness (QED) is 0.706. The molecule has 0 aliphatic carbocycles. The molecule has 0 fully saturated rings. The molecular formula is C19H16ClNO6. The molecule has 1 heterocycles. The van der Waals surface area contributed by atoms with Gasteiger partial charge in [0.15, 0.2) is 0 Å². The molecule has 0 spiro atoms. The maximum absolute atomic E-state index is 12.5. The van der Waals surface area contributed by atoms with Gasteiger partial charge in [-0.15, -0.1) is 0 Å². The highest BCUT2D eigenvalue weighted by Gasteiger charge is 2.40. The average Bonchev–Trinajstić information content (AvgIpc) is 2.88. The number of carbonyl (C=O) groups is 3. The van der Waals surface area contributed by atoms with Crippen LogP contribution >= 0.6 is 11.6 Å². The third-order valence-corrected chi connectivity index (χ3v) is 4.16. The summed E-state index contributed by atoms with van der Waals surface area (Å²) in [6, 6.07) is 11.1. The average molecular weight is 390 g/mol. The summed E-state index contributed by atoms with van der Waals surface area (Å²) in [7, 11) is 1.39. The summed E-state index contributed by atoms with van der Waals surface area (Å²) in [5.74, 6) is -1.94. The number of ether oxygens (including phenoxy) is 2. The molecule has 0 saturated heterocycles. The summed E-state index contributed by atoms with van der Waals surface area (Å²) >= 11 is 5.91. The number of benzene rings is 2. The summed E-state index contributed by atoms with van der Waals surface area (Å²) in [6.45, 7) is 1.63. The molecule has 140 valence electrons. The van der Waals surface area contributed by atoms with Gasteiger partial charge in [0.1, 0.15) is 5.75 Å². The molecule has 2 amide bonds. The number of methoxy groups -OCH3 is 1. The molecule has 8 heteroatoms. The van der Waals surface area contributed by atoms with Crippen LogP contribution in [0.3, 0.4) is 0 Å². The van der Waals surface area contributed by atoms with E-state index in [1.54, 1.807) is 37.3 Å². The van der Waals surface area contributed by atoms with Gasteiger partial charge in [0.25, 0.3) is 11.8 Å². The number of fused-ring (bicyclic) bond motifs is 1. The second kappa shape index (κ2) is 7.77. The monoisotopic (exact) mass is 389 g/mol. The molecule has 0 aromatic heterocycles. The second-order valence-electron chi connectivity index (χ2n) is 5.83. The summed E-state index contributed by atoms with van der Waals surface area (Å²) < 4.78 is 10.7. The number of hydrogen-bond donors (Lipinski definition) is 0. The number of halogens is 1. The molecule has 3 rings (SSSR count). The second-order valence-corrected chi connectivity index (χ2v) is 6.27. The smallest absolute Gasteiger partial charge is 0.375 e. The van der Waals surface area contributed by atoms with Gasteiger partial charge in [-0.2, -0.15) is 0 Å². The van der Waals surface area contributed by atoms with Crippen molar-refractivity contribution in [2.24, 2.45) is 0 Å². The van der Waals surface area contributed by atoms with Crippen molar-refractivity contribution in [3.05, 3.63) is 64.2 Å². The number of hydroxylamine groups is 2. The predicted molar refractivity (Wildman–Crippen MR) is 95.5 cm³/mol. The maximum atomic E-state index is 12.5. The Balaban J connectivity index is 1.76. The van der Waals surface area contributed by atoms with Crippen LogP contribution in [0.1, 0.15) is 26.3 Å². The molecule has 1 aliphatic heterocycles. The van der Waals surface area contributed by atoms with E-state index in [9.17, 15) is 14.4 Å². The van der Waals surface area contributed by atoms with Crippen molar-refractivity contribution in [3.8, 4) is 5.75 Å². The Kier molecular flexibility index (Phi) is 5.43. The van der Waals surface area contributed by atoms with Crippen molar-refractivity contribution in [2.45, 2.75) is 13.0 Å². The maximum Gasteiger partial charge on any atom is 0.375 e. The summed E-state index contributed by atoms with van der Waals surface area (Å²) in [5, 5.41) is 0.963. The largest absolute Gasteiger partial charge is 0.476 e. The first-order valence-electron chi connectivity index (χ1n) is 8.03. The van der Waals surface area contributed by atoms with E-state index in [-0.39, 0.29) is 17.7 Å². The Bertz CT molecular complexity index is 878. The third-order valence-electron chi connectivity index (χ3n) is 3.93. The minimum atomic E-state index is -1.18. The number of carbonyl (C=O) groups excluding carboxylic acids is 3. The highest BCUT2D eigenvalue weighted by atomic mass is 35.5. The van der Waals surface area contributed by atoms with Crippen LogP contribution in [0.25, 0.3) is 0 Å². The van der Waals surface area contributed by atoms with E-state index in [4.69, 9.17) is 25.9 Å². The van der Waals surface area contributed by atoms with Crippen LogP contribution in [-0.2, 0) is 14.4 Å². The Morgan fingerprint density at radius 2 is 1.74 bits per heavy atom. The van der Waals surface area contributed by atoms with E-state index < -0.39 is 23.9 Å². The van der Waals surface area contributed by atoms with Crippen LogP contribution in [-0.4, -0.2) is 42.7 Å². The number of amides is 2. The Hall–Kier alpha value is -2.90. The van der Waals surface area contributed by atoms with Gasteiger partial charge in [0.2, 0.25) is 6.10 Å². The fraction of sp³-hybridized carbons (Fsp3) is 0.211. The van der Waals surface area contributed by atoms with Crippen molar-refractivity contribution in [1.82, 2.24) is 5.06 Å². The molecule has 27 heavy (non-hydrogen) atoms. The molecule has 1 aliphatic rings. The molecule has 0 N–H and O–H groups in total. The third kappa shape index (κ3) is 3.79. The Labute approximate surface area is 160 Å². The zero-order valence-corrected chi connectivity index (χ0v) is 15.4. The fourth-order valence-corrected chi connectivity index (χ4v) is 2.83. The topological polar surface area (TPSA) is 82.1 Å². The lowest BCUT2D eigenvalue weighted by Crippen LogP contribution is -2.41. The lowest BCUT2D eigenvalue weighted by Gasteiger charge is -2.20. The number of aryl methyl sites for hydroxylation is 1. The number of rotatable bonds is 6. The molecular weight excluding hydrogens is 374 g/mol. The van der Waals surface area contributed by atoms with Gasteiger partial charge >= 0.3 is 5.97 Å². The van der Waals surface area contributed by atoms with Gasteiger partial charge in [-0.1, -0.05) is 28.8 Å². The SMILES string of the molecule is COCC(Oc1ccc(Cl)cc1C)C(=O)ON1C(=O)c2ccccc2C1=O. The first-order chi connectivity index (χ1) is 12.9. The van der Waals surface area contributed by atoms with Crippen molar-refractivity contribution in [3.63, 3.8) is 0 Å². The number of imide groups is 1. The number of hydrogen-bond acceptors (Lipinski definition) is 6. The van der Waals surface area contributed by atoms with Crippen molar-refractivity contribution in [2.75, 3.05) is 13.7 Å². The lowest BCUT2D eigenvalue weighted by atomic mass is 10.1. The van der Waals surface area contributed by atoms with Gasteiger partial charge in [-0.05, 0) is 42.8 Å². The summed E-state index contributed by atoms with van der Waals surface area (Å²) in [6.07, 6.45) is -1.18. The van der Waals surface area contributed by atoms with Crippen LogP contribution in [0.5, 0.6) is 5.75 Å². The van der Waals surface area contributed by atoms with Crippen molar-refractivity contribution >= 4 is 29.4 Å². The van der Waals surface area contributed by atoms with Crippen LogP contribution < -0.4 is 4.74 Å². The molecule has 1 unspecified atom stereocenters. The van der Waals surface area contributed by atoms with E-state index in [1.807, 2.05) is 0 Å². The molecule has 7 nitrogen and oxygen atoms in total. The van der Waals surface area contributed by atoms with Gasteiger partial charge in [0, 0.05) is 12.1 Å². The van der Waals surface area contributed by atoms with Crippen LogP contribution in [0.2, 0.25) is 5.02 Å². The lowest BCUT2D eigenvalue weighted by molar-refractivity contribution is -0.179. The molecule has 2 aromatic rings. The van der Waals surface area contributed by atoms with Gasteiger partial charge in [-0.3, -0.25) is 9.59 Å². The molecule has 0 radical (unpaired) electrons. The van der Waals surface area contributed by atoms with Crippen LogP contribution in [0, 0.1) is 6.92 Å². The van der Waals surface area contributed by atoms with Crippen LogP contribution in [0.4, 0.5) is 0 Å². The minimum absolute atomic E-state index is 0.135. The van der Waals surface area contributed by atoms with E-state index >= 15 is 0 Å². The van der Waals surface area contributed by atoms with Gasteiger partial charge in [0.05, 0.1) is 17.7 Å². The zero-order valence-electron chi connectivity index (χ0n) is 14.6. The number of nitrogens with zero attached hydrogens (tertiary/aromatic N) is 1. The van der Waals surface area contributed by atoms with E-state index in [0.29, 0.717) is 21.4 Å². The van der Waals surface area contributed by atoms with Crippen LogP contribution in [0.15, 0.2) is 42.5 Å². The van der Waals surface area contributed by atoms with E-state index in [1.165, 1.54) is 19.2 Å². The first kappa shape index (κ1) is 18.9.